The molecule has 7 heteroatoms. The lowest BCUT2D eigenvalue weighted by Gasteiger charge is -2.06. The molecule has 1 aromatic carbocycles. The third-order valence-electron chi connectivity index (χ3n) is 3.22. The Bertz CT molecular complexity index is 718. The molecule has 0 spiro atoms. The van der Waals surface area contributed by atoms with Gasteiger partial charge in [0.2, 0.25) is 5.88 Å². The lowest BCUT2D eigenvalue weighted by molar-refractivity contribution is -0.141. The molecule has 21 heavy (non-hydrogen) atoms. The number of ketones is 1. The van der Waals surface area contributed by atoms with Gasteiger partial charge >= 0.3 is 6.18 Å². The first-order valence-electron chi connectivity index (χ1n) is 6.10. The number of aromatic nitrogens is 2. The maximum absolute atomic E-state index is 12.9. The molecular weight excluding hydrogens is 285 g/mol. The number of aryl methyl sites for hydroxylation is 2. The third-order valence-corrected chi connectivity index (χ3v) is 3.22. The largest absolute Gasteiger partial charge is 0.493 e. The smallest absolute Gasteiger partial charge is 0.436 e. The van der Waals surface area contributed by atoms with Crippen LogP contribution < -0.4 is 0 Å². The van der Waals surface area contributed by atoms with Crippen molar-refractivity contribution in [3.8, 4) is 11.6 Å². The van der Waals surface area contributed by atoms with Crippen molar-refractivity contribution in [2.45, 2.75) is 26.9 Å². The van der Waals surface area contributed by atoms with Gasteiger partial charge in [-0.05, 0) is 44.0 Å². The van der Waals surface area contributed by atoms with E-state index in [2.05, 4.69) is 5.10 Å². The number of rotatable bonds is 2. The highest BCUT2D eigenvalue weighted by molar-refractivity contribution is 5.97. The van der Waals surface area contributed by atoms with Gasteiger partial charge in [0.15, 0.2) is 11.5 Å². The second-order valence-corrected chi connectivity index (χ2v) is 4.78. The van der Waals surface area contributed by atoms with E-state index in [4.69, 9.17) is 0 Å². The summed E-state index contributed by atoms with van der Waals surface area (Å²) in [7, 11) is 0. The van der Waals surface area contributed by atoms with Crippen LogP contribution in [0.1, 0.15) is 34.1 Å². The zero-order valence-corrected chi connectivity index (χ0v) is 11.6. The van der Waals surface area contributed by atoms with Gasteiger partial charge in [-0.25, -0.2) is 0 Å². The van der Waals surface area contributed by atoms with E-state index in [0.29, 0.717) is 0 Å². The van der Waals surface area contributed by atoms with Crippen LogP contribution in [0.2, 0.25) is 0 Å². The molecule has 0 amide bonds. The van der Waals surface area contributed by atoms with Crippen LogP contribution >= 0.6 is 0 Å². The van der Waals surface area contributed by atoms with Gasteiger partial charge in [0.25, 0.3) is 0 Å². The fraction of sp³-hybridized carbons (Fsp3) is 0.286. The van der Waals surface area contributed by atoms with Crippen molar-refractivity contribution < 1.29 is 23.1 Å². The molecule has 0 atom stereocenters. The van der Waals surface area contributed by atoms with Crippen LogP contribution in [0.5, 0.6) is 5.88 Å². The van der Waals surface area contributed by atoms with Crippen LogP contribution in [-0.4, -0.2) is 20.7 Å². The number of carbonyl (C=O) groups excluding carboxylic acids is 1. The highest BCUT2D eigenvalue weighted by Crippen LogP contribution is 2.36. The average Bonchev–Trinajstić information content (AvgIpc) is 2.70. The minimum absolute atomic E-state index is 0.258. The minimum atomic E-state index is -4.82. The first-order chi connectivity index (χ1) is 9.62. The maximum atomic E-state index is 12.9. The Morgan fingerprint density at radius 1 is 1.24 bits per heavy atom. The Morgan fingerprint density at radius 2 is 1.86 bits per heavy atom. The number of hydrogen-bond donors (Lipinski definition) is 1. The molecular formula is C14H13F3N2O2. The molecule has 0 aliphatic rings. The van der Waals surface area contributed by atoms with Gasteiger partial charge in [-0.2, -0.15) is 23.0 Å². The molecule has 1 N–H and O–H groups in total. The summed E-state index contributed by atoms with van der Waals surface area (Å²) in [5, 5.41) is 13.3. The van der Waals surface area contributed by atoms with E-state index in [1.165, 1.54) is 6.07 Å². The highest BCUT2D eigenvalue weighted by atomic mass is 19.4. The van der Waals surface area contributed by atoms with Crippen LogP contribution in [0.4, 0.5) is 13.2 Å². The number of hydrogen-bond acceptors (Lipinski definition) is 3. The van der Waals surface area contributed by atoms with Crippen molar-refractivity contribution in [3.05, 3.63) is 40.6 Å². The predicted molar refractivity (Wildman–Crippen MR) is 69.7 cm³/mol. The van der Waals surface area contributed by atoms with Crippen LogP contribution in [0, 0.1) is 13.8 Å². The summed E-state index contributed by atoms with van der Waals surface area (Å²) in [6, 6.07) is 4.82. The van der Waals surface area contributed by atoms with E-state index in [1.807, 2.05) is 6.92 Å². The molecule has 0 aliphatic carbocycles. The minimum Gasteiger partial charge on any atom is -0.493 e. The Balaban J connectivity index is 2.71. The Labute approximate surface area is 118 Å². The molecule has 0 saturated heterocycles. The monoisotopic (exact) mass is 298 g/mol. The van der Waals surface area contributed by atoms with Crippen LogP contribution in [-0.2, 0) is 6.18 Å². The fourth-order valence-electron chi connectivity index (χ4n) is 1.97. The Morgan fingerprint density at radius 3 is 2.29 bits per heavy atom. The Kier molecular flexibility index (Phi) is 3.52. The molecule has 0 radical (unpaired) electrons. The first kappa shape index (κ1) is 15.1. The molecule has 0 saturated carbocycles. The molecule has 2 rings (SSSR count). The van der Waals surface area contributed by atoms with Gasteiger partial charge < -0.3 is 5.11 Å². The standard InChI is InChI=1S/C14H13F3N2O2/c1-7-4-5-10(6-8(7)2)19-13(21)11(9(3)20)12(18-19)14(15,16)17/h4-6,21H,1-3H3. The summed E-state index contributed by atoms with van der Waals surface area (Å²) in [5.74, 6) is -1.70. The van der Waals surface area contributed by atoms with Crippen molar-refractivity contribution in [1.82, 2.24) is 9.78 Å². The van der Waals surface area contributed by atoms with E-state index in [1.54, 1.807) is 19.1 Å². The fourth-order valence-corrected chi connectivity index (χ4v) is 1.97. The van der Waals surface area contributed by atoms with Crippen molar-refractivity contribution >= 4 is 5.78 Å². The molecule has 0 bridgehead atoms. The van der Waals surface area contributed by atoms with E-state index < -0.39 is 29.1 Å². The summed E-state index contributed by atoms with van der Waals surface area (Å²) in [4.78, 5) is 11.4. The van der Waals surface area contributed by atoms with Gasteiger partial charge in [-0.1, -0.05) is 6.07 Å². The van der Waals surface area contributed by atoms with Crippen LogP contribution in [0.15, 0.2) is 18.2 Å². The molecule has 4 nitrogen and oxygen atoms in total. The molecule has 0 fully saturated rings. The molecule has 1 aromatic heterocycles. The lowest BCUT2D eigenvalue weighted by atomic mass is 10.1. The predicted octanol–water partition coefficient (Wildman–Crippen LogP) is 3.42. The van der Waals surface area contributed by atoms with E-state index in [0.717, 1.165) is 22.7 Å². The second kappa shape index (κ2) is 4.91. The summed E-state index contributed by atoms with van der Waals surface area (Å²) in [5.41, 5.74) is -0.159. The van der Waals surface area contributed by atoms with Gasteiger partial charge in [0.05, 0.1) is 5.69 Å². The van der Waals surface area contributed by atoms with Crippen molar-refractivity contribution in [1.29, 1.82) is 0 Å². The summed E-state index contributed by atoms with van der Waals surface area (Å²) in [6.07, 6.45) is -4.82. The van der Waals surface area contributed by atoms with E-state index >= 15 is 0 Å². The number of nitrogens with zero attached hydrogens (tertiary/aromatic N) is 2. The summed E-state index contributed by atoms with van der Waals surface area (Å²) in [6.45, 7) is 4.59. The quantitative estimate of drug-likeness (QED) is 0.864. The van der Waals surface area contributed by atoms with E-state index in [-0.39, 0.29) is 5.69 Å². The van der Waals surface area contributed by atoms with Crippen molar-refractivity contribution in [2.75, 3.05) is 0 Å². The van der Waals surface area contributed by atoms with E-state index in [9.17, 15) is 23.1 Å². The van der Waals surface area contributed by atoms with Crippen molar-refractivity contribution in [2.24, 2.45) is 0 Å². The Hall–Kier alpha value is -2.31. The first-order valence-corrected chi connectivity index (χ1v) is 6.10. The number of Topliss-reactive ketones (excluding diaryl/α,β-unsaturated/α-hetero) is 1. The maximum Gasteiger partial charge on any atom is 0.436 e. The SMILES string of the molecule is CC(=O)c1c(C(F)(F)F)nn(-c2ccc(C)c(C)c2)c1O. The normalized spacial score (nSPS) is 11.7. The number of alkyl halides is 3. The van der Waals surface area contributed by atoms with Gasteiger partial charge in [0, 0.05) is 0 Å². The zero-order valence-electron chi connectivity index (χ0n) is 11.6. The second-order valence-electron chi connectivity index (χ2n) is 4.78. The summed E-state index contributed by atoms with van der Waals surface area (Å²) >= 11 is 0. The molecule has 1 heterocycles. The van der Waals surface area contributed by atoms with Gasteiger partial charge in [0.1, 0.15) is 5.56 Å². The van der Waals surface area contributed by atoms with Gasteiger partial charge in [-0.15, -0.1) is 0 Å². The number of carbonyl (C=O) groups is 1. The zero-order chi connectivity index (χ0) is 15.9. The molecule has 2 aromatic rings. The third kappa shape index (κ3) is 2.63. The topological polar surface area (TPSA) is 55.1 Å². The lowest BCUT2D eigenvalue weighted by Crippen LogP contribution is -2.11. The molecule has 0 aliphatic heterocycles. The number of aromatic hydroxyl groups is 1. The van der Waals surface area contributed by atoms with Gasteiger partial charge in [-0.3, -0.25) is 4.79 Å². The van der Waals surface area contributed by atoms with Crippen molar-refractivity contribution in [3.63, 3.8) is 0 Å². The number of halogens is 3. The number of benzene rings is 1. The molecule has 112 valence electrons. The average molecular weight is 298 g/mol. The highest BCUT2D eigenvalue weighted by Gasteiger charge is 2.41. The van der Waals surface area contributed by atoms with Crippen LogP contribution in [0.3, 0.4) is 0 Å². The van der Waals surface area contributed by atoms with Crippen LogP contribution in [0.25, 0.3) is 5.69 Å². The summed E-state index contributed by atoms with van der Waals surface area (Å²) < 4.78 is 39.5. The molecule has 0 unspecified atom stereocenters.